The van der Waals surface area contributed by atoms with E-state index in [0.29, 0.717) is 49.8 Å². The van der Waals surface area contributed by atoms with Gasteiger partial charge in [-0.25, -0.2) is 0 Å². The molecule has 4 saturated carbocycles. The number of carbonyl (C=O) groups is 2. The molecule has 1 spiro atoms. The van der Waals surface area contributed by atoms with E-state index < -0.39 is 11.3 Å². The summed E-state index contributed by atoms with van der Waals surface area (Å²) < 4.78 is 0. The first-order valence-corrected chi connectivity index (χ1v) is 11.6. The summed E-state index contributed by atoms with van der Waals surface area (Å²) in [4.78, 5) is 27.8. The molecule has 7 rings (SSSR count). The molecule has 3 N–H and O–H groups in total. The van der Waals surface area contributed by atoms with Crippen molar-refractivity contribution in [1.82, 2.24) is 10.2 Å². The average Bonchev–Trinajstić information content (AvgIpc) is 2.66. The van der Waals surface area contributed by atoms with Gasteiger partial charge in [0.25, 0.3) is 5.91 Å². The third kappa shape index (κ3) is 2.95. The van der Waals surface area contributed by atoms with Gasteiger partial charge in [-0.1, -0.05) is 12.1 Å². The van der Waals surface area contributed by atoms with Gasteiger partial charge in [-0.05, 0) is 67.9 Å². The molecule has 2 aliphatic heterocycles. The molecule has 4 aliphatic carbocycles. The zero-order valence-electron chi connectivity index (χ0n) is 17.5. The summed E-state index contributed by atoms with van der Waals surface area (Å²) in [5.41, 5.74) is 0.600. The minimum Gasteiger partial charge on any atom is -0.390 e. The van der Waals surface area contributed by atoms with E-state index in [4.69, 9.17) is 0 Å². The molecule has 0 aromatic heterocycles. The Bertz CT molecular complexity index is 891. The van der Waals surface area contributed by atoms with Gasteiger partial charge in [-0.15, -0.1) is 0 Å². The van der Waals surface area contributed by atoms with E-state index in [1.54, 1.807) is 0 Å². The highest BCUT2D eigenvalue weighted by Crippen LogP contribution is 2.63. The van der Waals surface area contributed by atoms with Crippen molar-refractivity contribution in [2.75, 3.05) is 18.4 Å². The first kappa shape index (κ1) is 18.7. The molecule has 2 amide bonds. The summed E-state index contributed by atoms with van der Waals surface area (Å²) in [6, 6.07) is 7.60. The number of para-hydroxylation sites is 1. The largest absolute Gasteiger partial charge is 0.390 e. The Balaban J connectivity index is 1.12. The molecule has 1 aromatic rings. The van der Waals surface area contributed by atoms with Crippen molar-refractivity contribution in [2.45, 2.75) is 69.1 Å². The Morgan fingerprint density at radius 1 is 1.07 bits per heavy atom. The number of hydrogen-bond acceptors (Lipinski definition) is 4. The topological polar surface area (TPSA) is 81.7 Å². The van der Waals surface area contributed by atoms with E-state index in [-0.39, 0.29) is 17.2 Å². The summed E-state index contributed by atoms with van der Waals surface area (Å²) in [5.74, 6) is 1.41. The third-order valence-corrected chi connectivity index (χ3v) is 8.55. The second-order valence-corrected chi connectivity index (χ2v) is 10.9. The van der Waals surface area contributed by atoms with Crippen molar-refractivity contribution in [1.29, 1.82) is 0 Å². The number of nitrogens with one attached hydrogen (secondary N) is 2. The quantitative estimate of drug-likeness (QED) is 0.702. The Morgan fingerprint density at radius 2 is 1.77 bits per heavy atom. The second kappa shape index (κ2) is 6.22. The van der Waals surface area contributed by atoms with Crippen LogP contribution in [0.4, 0.5) is 5.69 Å². The Labute approximate surface area is 177 Å². The van der Waals surface area contributed by atoms with E-state index >= 15 is 0 Å². The minimum atomic E-state index is -0.514. The number of rotatable bonds is 2. The van der Waals surface area contributed by atoms with Gasteiger partial charge in [0, 0.05) is 38.0 Å². The summed E-state index contributed by atoms with van der Waals surface area (Å²) in [7, 11) is 0. The molecule has 2 heterocycles. The maximum atomic E-state index is 13.3. The highest BCUT2D eigenvalue weighted by Gasteiger charge is 2.57. The summed E-state index contributed by atoms with van der Waals surface area (Å²) in [6.07, 6.45) is 8.17. The first-order valence-electron chi connectivity index (χ1n) is 11.6. The van der Waals surface area contributed by atoms with Crippen LogP contribution in [0.25, 0.3) is 0 Å². The maximum Gasteiger partial charge on any atom is 0.255 e. The number of aliphatic hydroxyl groups is 1. The Hall–Kier alpha value is -2.08. The normalized spacial score (nSPS) is 38.2. The monoisotopic (exact) mass is 409 g/mol. The number of benzene rings is 1. The van der Waals surface area contributed by atoms with Crippen molar-refractivity contribution in [3.63, 3.8) is 0 Å². The number of likely N-dealkylation sites (tertiary alicyclic amines) is 1. The predicted molar refractivity (Wildman–Crippen MR) is 113 cm³/mol. The van der Waals surface area contributed by atoms with Crippen LogP contribution in [0.5, 0.6) is 0 Å². The lowest BCUT2D eigenvalue weighted by molar-refractivity contribution is -0.172. The Kier molecular flexibility index (Phi) is 3.87. The van der Waals surface area contributed by atoms with E-state index in [2.05, 4.69) is 10.6 Å². The lowest BCUT2D eigenvalue weighted by atomic mass is 9.47. The summed E-state index contributed by atoms with van der Waals surface area (Å²) in [5, 5.41) is 17.7. The number of fused-ring (bicyclic) bond motifs is 1. The molecule has 0 radical (unpaired) electrons. The van der Waals surface area contributed by atoms with E-state index in [1.807, 2.05) is 29.2 Å². The number of carbonyl (C=O) groups excluding carboxylic acids is 2. The van der Waals surface area contributed by atoms with Crippen LogP contribution in [0.1, 0.15) is 68.1 Å². The second-order valence-electron chi connectivity index (χ2n) is 10.9. The smallest absolute Gasteiger partial charge is 0.255 e. The molecule has 4 bridgehead atoms. The Morgan fingerprint density at radius 3 is 2.47 bits per heavy atom. The standard InChI is InChI=1S/C24H31N3O3/c28-20(14-22-10-16-9-17(11-22)13-23(30,12-16)15-22)27-7-5-24(6-8-27)25-19-4-2-1-3-18(19)21(29)26-24/h1-4,16-17,25,30H,5-15H2,(H,26,29)/t16-,17-,22?,23?/m1/s1. The maximum absolute atomic E-state index is 13.3. The molecular formula is C24H31N3O3. The third-order valence-electron chi connectivity index (χ3n) is 8.55. The summed E-state index contributed by atoms with van der Waals surface area (Å²) in [6.45, 7) is 1.31. The van der Waals surface area contributed by atoms with Gasteiger partial charge in [0.2, 0.25) is 5.91 Å². The highest BCUT2D eigenvalue weighted by atomic mass is 16.3. The molecular weight excluding hydrogens is 378 g/mol. The number of anilines is 1. The average molecular weight is 410 g/mol. The lowest BCUT2D eigenvalue weighted by Gasteiger charge is -2.60. The molecule has 1 saturated heterocycles. The van der Waals surface area contributed by atoms with Crippen LogP contribution >= 0.6 is 0 Å². The van der Waals surface area contributed by atoms with Gasteiger partial charge in [0.1, 0.15) is 5.66 Å². The molecule has 6 aliphatic rings. The number of hydrogen-bond donors (Lipinski definition) is 3. The number of amides is 2. The molecule has 6 heteroatoms. The van der Waals surface area contributed by atoms with Crippen LogP contribution in [0.3, 0.4) is 0 Å². The molecule has 2 atom stereocenters. The van der Waals surface area contributed by atoms with Gasteiger partial charge in [0.15, 0.2) is 0 Å². The van der Waals surface area contributed by atoms with E-state index in [9.17, 15) is 14.7 Å². The zero-order chi connectivity index (χ0) is 20.6. The van der Waals surface area contributed by atoms with Crippen LogP contribution in [0, 0.1) is 17.3 Å². The van der Waals surface area contributed by atoms with Crippen molar-refractivity contribution in [3.05, 3.63) is 29.8 Å². The fraction of sp³-hybridized carbons (Fsp3) is 0.667. The fourth-order valence-electron chi connectivity index (χ4n) is 7.79. The molecule has 30 heavy (non-hydrogen) atoms. The number of piperidine rings is 1. The van der Waals surface area contributed by atoms with E-state index in [1.165, 1.54) is 6.42 Å². The summed E-state index contributed by atoms with van der Waals surface area (Å²) >= 11 is 0. The van der Waals surface area contributed by atoms with Gasteiger partial charge >= 0.3 is 0 Å². The van der Waals surface area contributed by atoms with Crippen LogP contribution in [-0.2, 0) is 4.79 Å². The molecule has 5 fully saturated rings. The van der Waals surface area contributed by atoms with E-state index in [0.717, 1.165) is 37.8 Å². The molecule has 0 unspecified atom stereocenters. The van der Waals surface area contributed by atoms with Crippen molar-refractivity contribution in [3.8, 4) is 0 Å². The molecule has 6 nitrogen and oxygen atoms in total. The number of nitrogens with zero attached hydrogens (tertiary/aromatic N) is 1. The van der Waals surface area contributed by atoms with Crippen molar-refractivity contribution < 1.29 is 14.7 Å². The van der Waals surface area contributed by atoms with Crippen molar-refractivity contribution >= 4 is 17.5 Å². The highest BCUT2D eigenvalue weighted by molar-refractivity contribution is 6.02. The van der Waals surface area contributed by atoms with Gasteiger partial charge in [0.05, 0.1) is 11.2 Å². The van der Waals surface area contributed by atoms with Crippen LogP contribution in [0.2, 0.25) is 0 Å². The van der Waals surface area contributed by atoms with Gasteiger partial charge in [-0.3, -0.25) is 9.59 Å². The van der Waals surface area contributed by atoms with Gasteiger partial charge < -0.3 is 20.6 Å². The SMILES string of the molecule is O=C1NC2(CCN(C(=O)CC34C[C@H]5C[C@@H](CC(O)(C5)C3)C4)CC2)Nc2ccccc21. The lowest BCUT2D eigenvalue weighted by Crippen LogP contribution is -2.63. The first-order chi connectivity index (χ1) is 14.4. The van der Waals surface area contributed by atoms with Crippen LogP contribution in [0.15, 0.2) is 24.3 Å². The van der Waals surface area contributed by atoms with Gasteiger partial charge in [-0.2, -0.15) is 0 Å². The predicted octanol–water partition coefficient (Wildman–Crippen LogP) is 2.88. The van der Waals surface area contributed by atoms with Crippen LogP contribution in [-0.4, -0.2) is 46.2 Å². The van der Waals surface area contributed by atoms with Crippen LogP contribution < -0.4 is 10.6 Å². The molecule has 160 valence electrons. The van der Waals surface area contributed by atoms with Crippen molar-refractivity contribution in [2.24, 2.45) is 17.3 Å². The zero-order valence-corrected chi connectivity index (χ0v) is 17.5. The minimum absolute atomic E-state index is 0.0152. The fourth-order valence-corrected chi connectivity index (χ4v) is 7.79. The molecule has 1 aromatic carbocycles.